The van der Waals surface area contributed by atoms with Crippen LogP contribution in [0.15, 0.2) is 16.6 Å². The minimum Gasteiger partial charge on any atom is -0.493 e. The summed E-state index contributed by atoms with van der Waals surface area (Å²) in [5, 5.41) is 3.55. The molecule has 1 N–H and O–H groups in total. The minimum absolute atomic E-state index is 0.625. The van der Waals surface area contributed by atoms with E-state index in [1.165, 1.54) is 22.0 Å². The topological polar surface area (TPSA) is 24.5 Å². The van der Waals surface area contributed by atoms with Crippen LogP contribution in [-0.2, 0) is 13.0 Å². The monoisotopic (exact) mass is 352 g/mol. The van der Waals surface area contributed by atoms with Crippen molar-refractivity contribution >= 4 is 15.9 Å². The third-order valence-electron chi connectivity index (χ3n) is 4.90. The Kier molecular flexibility index (Phi) is 4.87. The molecule has 1 saturated heterocycles. The molecule has 0 bridgehead atoms. The van der Waals surface area contributed by atoms with Gasteiger partial charge in [0.2, 0.25) is 0 Å². The zero-order chi connectivity index (χ0) is 14.8. The van der Waals surface area contributed by atoms with Gasteiger partial charge in [0.15, 0.2) is 0 Å². The Balaban J connectivity index is 1.82. The van der Waals surface area contributed by atoms with Crippen molar-refractivity contribution in [3.63, 3.8) is 0 Å². The van der Waals surface area contributed by atoms with Gasteiger partial charge in [-0.1, -0.05) is 36.2 Å². The van der Waals surface area contributed by atoms with Crippen molar-refractivity contribution in [1.29, 1.82) is 0 Å². The fourth-order valence-corrected chi connectivity index (χ4v) is 4.03. The smallest absolute Gasteiger partial charge is 0.127 e. The summed E-state index contributed by atoms with van der Waals surface area (Å²) in [5.74, 6) is 1.86. The predicted molar refractivity (Wildman–Crippen MR) is 89.9 cm³/mol. The molecule has 0 aromatic heterocycles. The highest BCUT2D eigenvalue weighted by atomic mass is 79.9. The zero-order valence-electron chi connectivity index (χ0n) is 13.0. The average molecular weight is 353 g/mol. The third-order valence-corrected chi connectivity index (χ3v) is 5.36. The molecule has 1 fully saturated rings. The van der Waals surface area contributed by atoms with E-state index < -0.39 is 0 Å². The molecule has 21 heavy (non-hydrogen) atoms. The maximum Gasteiger partial charge on any atom is 0.127 e. The molecule has 2 heterocycles. The SMILES string of the molecule is CCC(C)C1CNCCN1Cc1cc(Br)cc2c1OCC2. The standard InChI is InChI=1S/C17H25BrN2O/c1-3-12(2)16-10-19-5-6-20(16)11-14-9-15(18)8-13-4-7-21-17(13)14/h8-9,12,16,19H,3-7,10-11H2,1-2H3. The van der Waals surface area contributed by atoms with Crippen LogP contribution in [-0.4, -0.2) is 37.2 Å². The van der Waals surface area contributed by atoms with Gasteiger partial charge in [0.05, 0.1) is 6.61 Å². The Morgan fingerprint density at radius 1 is 1.48 bits per heavy atom. The largest absolute Gasteiger partial charge is 0.493 e. The molecule has 2 atom stereocenters. The van der Waals surface area contributed by atoms with Crippen molar-refractivity contribution in [1.82, 2.24) is 10.2 Å². The maximum absolute atomic E-state index is 5.89. The van der Waals surface area contributed by atoms with Crippen LogP contribution < -0.4 is 10.1 Å². The van der Waals surface area contributed by atoms with Crippen molar-refractivity contribution in [2.24, 2.45) is 5.92 Å². The summed E-state index contributed by atoms with van der Waals surface area (Å²) in [6.07, 6.45) is 2.27. The Morgan fingerprint density at radius 3 is 3.14 bits per heavy atom. The Hall–Kier alpha value is -0.580. The molecule has 116 valence electrons. The number of ether oxygens (including phenoxy) is 1. The molecule has 3 nitrogen and oxygen atoms in total. The molecular formula is C17H25BrN2O. The van der Waals surface area contributed by atoms with Crippen LogP contribution >= 0.6 is 15.9 Å². The lowest BCUT2D eigenvalue weighted by atomic mass is 9.95. The number of nitrogens with zero attached hydrogens (tertiary/aromatic N) is 1. The fraction of sp³-hybridized carbons (Fsp3) is 0.647. The van der Waals surface area contributed by atoms with E-state index in [2.05, 4.69) is 52.1 Å². The molecule has 0 amide bonds. The van der Waals surface area contributed by atoms with Crippen molar-refractivity contribution in [3.8, 4) is 5.75 Å². The average Bonchev–Trinajstić information content (AvgIpc) is 2.95. The quantitative estimate of drug-likeness (QED) is 0.900. The lowest BCUT2D eigenvalue weighted by Crippen LogP contribution is -2.53. The molecule has 1 aromatic rings. The molecule has 0 aliphatic carbocycles. The van der Waals surface area contributed by atoms with Gasteiger partial charge in [-0.15, -0.1) is 0 Å². The second-order valence-electron chi connectivity index (χ2n) is 6.28. The van der Waals surface area contributed by atoms with Crippen LogP contribution in [0.2, 0.25) is 0 Å². The lowest BCUT2D eigenvalue weighted by Gasteiger charge is -2.39. The van der Waals surface area contributed by atoms with E-state index in [1.807, 2.05) is 0 Å². The van der Waals surface area contributed by atoms with Crippen LogP contribution in [0.25, 0.3) is 0 Å². The first-order chi connectivity index (χ1) is 10.2. The van der Waals surface area contributed by atoms with Gasteiger partial charge in [0.1, 0.15) is 5.75 Å². The highest BCUT2D eigenvalue weighted by Gasteiger charge is 2.28. The molecule has 2 aliphatic heterocycles. The molecular weight excluding hydrogens is 328 g/mol. The molecule has 0 spiro atoms. The van der Waals surface area contributed by atoms with Crippen LogP contribution in [0.3, 0.4) is 0 Å². The van der Waals surface area contributed by atoms with E-state index in [1.54, 1.807) is 0 Å². The maximum atomic E-state index is 5.89. The van der Waals surface area contributed by atoms with Crippen LogP contribution in [0.1, 0.15) is 31.4 Å². The number of hydrogen-bond acceptors (Lipinski definition) is 3. The highest BCUT2D eigenvalue weighted by Crippen LogP contribution is 2.34. The minimum atomic E-state index is 0.625. The predicted octanol–water partition coefficient (Wildman–Crippen LogP) is 3.20. The van der Waals surface area contributed by atoms with Crippen molar-refractivity contribution in [2.75, 3.05) is 26.2 Å². The zero-order valence-corrected chi connectivity index (χ0v) is 14.6. The van der Waals surface area contributed by atoms with Crippen LogP contribution in [0.5, 0.6) is 5.75 Å². The molecule has 1 aromatic carbocycles. The van der Waals surface area contributed by atoms with E-state index in [0.717, 1.165) is 50.9 Å². The van der Waals surface area contributed by atoms with Gasteiger partial charge < -0.3 is 10.1 Å². The molecule has 2 unspecified atom stereocenters. The molecule has 3 rings (SSSR count). The second kappa shape index (κ2) is 6.67. The van der Waals surface area contributed by atoms with Gasteiger partial charge in [-0.25, -0.2) is 0 Å². The summed E-state index contributed by atoms with van der Waals surface area (Å²) in [6.45, 7) is 9.80. The van der Waals surface area contributed by atoms with Crippen LogP contribution in [0, 0.1) is 5.92 Å². The van der Waals surface area contributed by atoms with Gasteiger partial charge in [0, 0.05) is 48.7 Å². The fourth-order valence-electron chi connectivity index (χ4n) is 3.48. The van der Waals surface area contributed by atoms with E-state index in [4.69, 9.17) is 4.74 Å². The van der Waals surface area contributed by atoms with Gasteiger partial charge in [-0.3, -0.25) is 4.90 Å². The molecule has 2 aliphatic rings. The molecule has 0 radical (unpaired) electrons. The summed E-state index contributed by atoms with van der Waals surface area (Å²) in [5.41, 5.74) is 2.70. The normalized spacial score (nSPS) is 23.7. The van der Waals surface area contributed by atoms with E-state index in [9.17, 15) is 0 Å². The first-order valence-corrected chi connectivity index (χ1v) is 8.87. The number of benzene rings is 1. The van der Waals surface area contributed by atoms with E-state index >= 15 is 0 Å². The summed E-state index contributed by atoms with van der Waals surface area (Å²) in [6, 6.07) is 5.06. The Morgan fingerprint density at radius 2 is 2.33 bits per heavy atom. The summed E-state index contributed by atoms with van der Waals surface area (Å²) in [7, 11) is 0. The number of fused-ring (bicyclic) bond motifs is 1. The van der Waals surface area contributed by atoms with Gasteiger partial charge in [0.25, 0.3) is 0 Å². The van der Waals surface area contributed by atoms with Gasteiger partial charge in [-0.2, -0.15) is 0 Å². The Bertz CT molecular complexity index is 506. The summed E-state index contributed by atoms with van der Waals surface area (Å²) < 4.78 is 7.06. The number of nitrogens with one attached hydrogen (secondary N) is 1. The van der Waals surface area contributed by atoms with E-state index in [0.29, 0.717) is 6.04 Å². The molecule has 4 heteroatoms. The van der Waals surface area contributed by atoms with Crippen LogP contribution in [0.4, 0.5) is 0 Å². The second-order valence-corrected chi connectivity index (χ2v) is 7.19. The van der Waals surface area contributed by atoms with Gasteiger partial charge in [-0.05, 0) is 23.6 Å². The first kappa shape index (κ1) is 15.3. The first-order valence-electron chi connectivity index (χ1n) is 8.08. The molecule has 0 saturated carbocycles. The summed E-state index contributed by atoms with van der Waals surface area (Å²) >= 11 is 3.65. The highest BCUT2D eigenvalue weighted by molar-refractivity contribution is 9.10. The Labute approximate surface area is 136 Å². The lowest BCUT2D eigenvalue weighted by molar-refractivity contribution is 0.108. The number of rotatable bonds is 4. The van der Waals surface area contributed by atoms with E-state index in [-0.39, 0.29) is 0 Å². The number of halogens is 1. The van der Waals surface area contributed by atoms with Crippen molar-refractivity contribution in [3.05, 3.63) is 27.7 Å². The third kappa shape index (κ3) is 3.27. The van der Waals surface area contributed by atoms with Gasteiger partial charge >= 0.3 is 0 Å². The summed E-state index contributed by atoms with van der Waals surface area (Å²) in [4.78, 5) is 2.63. The number of hydrogen-bond donors (Lipinski definition) is 1. The number of piperazine rings is 1. The van der Waals surface area contributed by atoms with Crippen molar-refractivity contribution in [2.45, 2.75) is 39.3 Å². The van der Waals surface area contributed by atoms with Crippen molar-refractivity contribution < 1.29 is 4.74 Å².